The number of carbonyl (C=O) groups is 2. The molecule has 3 heterocycles. The summed E-state index contributed by atoms with van der Waals surface area (Å²) in [5.74, 6) is -5.68. The van der Waals surface area contributed by atoms with Gasteiger partial charge in [0.05, 0.1) is 39.1 Å². The van der Waals surface area contributed by atoms with Crippen LogP contribution in [0.4, 0.5) is 20.2 Å². The number of aromatic nitrogens is 1. The molecule has 44 heavy (non-hydrogen) atoms. The minimum absolute atomic E-state index is 0.00689. The lowest BCUT2D eigenvalue weighted by molar-refractivity contribution is -0.387. The summed E-state index contributed by atoms with van der Waals surface area (Å²) in [6, 6.07) is 17.8. The van der Waals surface area contributed by atoms with Crippen molar-refractivity contribution in [3.63, 3.8) is 0 Å². The van der Waals surface area contributed by atoms with E-state index in [1.165, 1.54) is 36.2 Å². The van der Waals surface area contributed by atoms with Gasteiger partial charge >= 0.3 is 5.69 Å². The first-order valence-corrected chi connectivity index (χ1v) is 13.9. The van der Waals surface area contributed by atoms with Gasteiger partial charge in [0.2, 0.25) is 5.76 Å². The van der Waals surface area contributed by atoms with Crippen molar-refractivity contribution in [2.75, 3.05) is 5.01 Å². The van der Waals surface area contributed by atoms with Crippen LogP contribution in [0.2, 0.25) is 0 Å². The van der Waals surface area contributed by atoms with Crippen molar-refractivity contribution in [3.05, 3.63) is 117 Å². The summed E-state index contributed by atoms with van der Waals surface area (Å²) in [4.78, 5) is 40.7. The largest absolute Gasteiger partial charge is 0.488 e. The molecule has 5 atom stereocenters. The molecule has 0 bridgehead atoms. The Labute approximate surface area is 249 Å². The maximum Gasteiger partial charge on any atom is 0.334 e. The molecule has 4 aromatic rings. The second-order valence-corrected chi connectivity index (χ2v) is 11.3. The van der Waals surface area contributed by atoms with Crippen molar-refractivity contribution in [2.45, 2.75) is 38.2 Å². The SMILES string of the molecule is CC1=NN(c2ccccc2)C(=O)[C@]12C[C@@H]1C(=O)c3cc(F)ccc3O[C@H]1[C@H](c1onc(C)c1[N+](=O)[O-])[C@H]2c1cccc(F)c1. The Kier molecular flexibility index (Phi) is 6.20. The van der Waals surface area contributed by atoms with Gasteiger partial charge in [-0.2, -0.15) is 10.1 Å². The molecule has 3 aliphatic rings. The molecule has 1 fully saturated rings. The number of rotatable bonds is 4. The average Bonchev–Trinajstić information content (AvgIpc) is 3.51. The number of halogens is 2. The highest BCUT2D eigenvalue weighted by atomic mass is 19.1. The van der Waals surface area contributed by atoms with Crippen molar-refractivity contribution in [3.8, 4) is 5.75 Å². The summed E-state index contributed by atoms with van der Waals surface area (Å²) in [5.41, 5.74) is -0.950. The molecule has 12 heteroatoms. The van der Waals surface area contributed by atoms with Gasteiger partial charge in [0, 0.05) is 5.92 Å². The van der Waals surface area contributed by atoms with Gasteiger partial charge < -0.3 is 9.26 Å². The molecule has 222 valence electrons. The number of nitrogens with zero attached hydrogens (tertiary/aromatic N) is 4. The van der Waals surface area contributed by atoms with Crippen LogP contribution in [0.15, 0.2) is 82.4 Å². The van der Waals surface area contributed by atoms with Crippen molar-refractivity contribution in [1.82, 2.24) is 5.16 Å². The average molecular weight is 599 g/mol. The number of hydrogen-bond donors (Lipinski definition) is 0. The standard InChI is InChI=1S/C32H24F2N4O6/c1-16-27(38(41)42)30(44-36-16)25-26(18-7-6-8-19(33)13-18)32(17(2)35-37(31(32)40)21-9-4-3-5-10-21)15-23-28(39)22-14-20(34)11-12-24(22)43-29(23)25/h3-14,23,25-26,29H,15H2,1-2H3/t23-,25-,26-,29-,32-/m1/s1. The van der Waals surface area contributed by atoms with Crippen LogP contribution < -0.4 is 9.75 Å². The first kappa shape index (κ1) is 27.6. The van der Waals surface area contributed by atoms with E-state index >= 15 is 0 Å². The Hall–Kier alpha value is -5.26. The Bertz CT molecular complexity index is 1890. The molecule has 10 nitrogen and oxygen atoms in total. The van der Waals surface area contributed by atoms with Gasteiger partial charge in [-0.05, 0) is 68.3 Å². The van der Waals surface area contributed by atoms with Crippen molar-refractivity contribution in [2.24, 2.45) is 16.4 Å². The van der Waals surface area contributed by atoms with E-state index in [9.17, 15) is 28.5 Å². The van der Waals surface area contributed by atoms with Crippen LogP contribution >= 0.6 is 0 Å². The lowest BCUT2D eigenvalue weighted by Crippen LogP contribution is -2.58. The maximum atomic E-state index is 14.9. The number of hydrogen-bond acceptors (Lipinski definition) is 8. The number of benzene rings is 3. The van der Waals surface area contributed by atoms with E-state index in [-0.39, 0.29) is 29.2 Å². The second kappa shape index (κ2) is 9.90. The van der Waals surface area contributed by atoms with Crippen LogP contribution in [-0.4, -0.2) is 33.6 Å². The number of para-hydroxylation sites is 1. The van der Waals surface area contributed by atoms with Crippen molar-refractivity contribution in [1.29, 1.82) is 0 Å². The van der Waals surface area contributed by atoms with Crippen LogP contribution in [0.1, 0.15) is 52.6 Å². The van der Waals surface area contributed by atoms with E-state index in [1.54, 1.807) is 43.3 Å². The maximum absolute atomic E-state index is 14.9. The fraction of sp³-hybridized carbons (Fsp3) is 0.250. The molecule has 0 saturated heterocycles. The molecule has 2 aliphatic heterocycles. The highest BCUT2D eigenvalue weighted by molar-refractivity contribution is 6.20. The van der Waals surface area contributed by atoms with Crippen molar-refractivity contribution < 1.29 is 32.6 Å². The number of hydrazone groups is 1. The van der Waals surface area contributed by atoms with Crippen LogP contribution in [-0.2, 0) is 4.79 Å². The molecule has 1 amide bonds. The Morgan fingerprint density at radius 1 is 1.00 bits per heavy atom. The molecule has 1 aromatic heterocycles. The zero-order chi connectivity index (χ0) is 30.9. The quantitative estimate of drug-likeness (QED) is 0.205. The third-order valence-corrected chi connectivity index (χ3v) is 9.01. The van der Waals surface area contributed by atoms with Gasteiger partial charge in [0.1, 0.15) is 23.5 Å². The number of Topliss-reactive ketones (excluding diaryl/α,β-unsaturated/α-hetero) is 1. The van der Waals surface area contributed by atoms with Gasteiger partial charge in [-0.25, -0.2) is 8.78 Å². The minimum Gasteiger partial charge on any atom is -0.488 e. The van der Waals surface area contributed by atoms with Gasteiger partial charge in [-0.3, -0.25) is 19.7 Å². The third kappa shape index (κ3) is 3.90. The fourth-order valence-corrected chi connectivity index (χ4v) is 7.16. The van der Waals surface area contributed by atoms with E-state index in [0.29, 0.717) is 17.0 Å². The predicted octanol–water partition coefficient (Wildman–Crippen LogP) is 6.11. The summed E-state index contributed by atoms with van der Waals surface area (Å²) in [6.07, 6.45) is -1.25. The summed E-state index contributed by atoms with van der Waals surface area (Å²) in [7, 11) is 0. The molecule has 0 unspecified atom stereocenters. The zero-order valence-electron chi connectivity index (χ0n) is 23.4. The van der Waals surface area contributed by atoms with Crippen LogP contribution in [0.5, 0.6) is 5.75 Å². The monoisotopic (exact) mass is 598 g/mol. The van der Waals surface area contributed by atoms with Crippen LogP contribution in [0.25, 0.3) is 0 Å². The van der Waals surface area contributed by atoms with E-state index in [1.807, 2.05) is 0 Å². The highest BCUT2D eigenvalue weighted by Crippen LogP contribution is 2.62. The van der Waals surface area contributed by atoms with Gasteiger partial charge in [0.25, 0.3) is 5.91 Å². The first-order valence-electron chi connectivity index (χ1n) is 13.9. The number of anilines is 1. The Morgan fingerprint density at radius 3 is 2.48 bits per heavy atom. The van der Waals surface area contributed by atoms with E-state index in [0.717, 1.165) is 12.1 Å². The van der Waals surface area contributed by atoms with Crippen LogP contribution in [0.3, 0.4) is 0 Å². The van der Waals surface area contributed by atoms with Crippen LogP contribution in [0, 0.1) is 40.0 Å². The number of amides is 1. The number of ketones is 1. The summed E-state index contributed by atoms with van der Waals surface area (Å²) in [5, 5.41) is 22.1. The first-order chi connectivity index (χ1) is 21.1. The van der Waals surface area contributed by atoms with E-state index in [2.05, 4.69) is 10.3 Å². The smallest absolute Gasteiger partial charge is 0.334 e. The Balaban J connectivity index is 1.52. The van der Waals surface area contributed by atoms with Gasteiger partial charge in [0.15, 0.2) is 11.5 Å². The van der Waals surface area contributed by atoms with E-state index in [4.69, 9.17) is 9.26 Å². The molecular weight excluding hydrogens is 574 g/mol. The molecule has 1 spiro atoms. The molecule has 3 aromatic carbocycles. The molecular formula is C32H24F2N4O6. The van der Waals surface area contributed by atoms with E-state index < -0.39 is 63.2 Å². The topological polar surface area (TPSA) is 128 Å². The second-order valence-electron chi connectivity index (χ2n) is 11.3. The molecule has 1 aliphatic carbocycles. The van der Waals surface area contributed by atoms with Crippen molar-refractivity contribution >= 4 is 28.8 Å². The molecule has 0 radical (unpaired) electrons. The summed E-state index contributed by atoms with van der Waals surface area (Å²) < 4.78 is 41.3. The number of fused-ring (bicyclic) bond motifs is 2. The lowest BCUT2D eigenvalue weighted by atomic mass is 9.52. The minimum atomic E-state index is -1.60. The lowest BCUT2D eigenvalue weighted by Gasteiger charge is -2.51. The zero-order valence-corrected chi connectivity index (χ0v) is 23.4. The van der Waals surface area contributed by atoms with Gasteiger partial charge in [-0.1, -0.05) is 35.5 Å². The number of nitro groups is 1. The number of ether oxygens (including phenoxy) is 1. The Morgan fingerprint density at radius 2 is 1.75 bits per heavy atom. The molecule has 7 rings (SSSR count). The summed E-state index contributed by atoms with van der Waals surface area (Å²) in [6.45, 7) is 3.06. The molecule has 0 N–H and O–H groups in total. The third-order valence-electron chi connectivity index (χ3n) is 9.01. The fourth-order valence-electron chi connectivity index (χ4n) is 7.16. The number of carbonyl (C=O) groups excluding carboxylic acids is 2. The predicted molar refractivity (Wildman–Crippen MR) is 152 cm³/mol. The summed E-state index contributed by atoms with van der Waals surface area (Å²) >= 11 is 0. The molecule has 1 saturated carbocycles. The highest BCUT2D eigenvalue weighted by Gasteiger charge is 2.67. The normalized spacial score (nSPS) is 25.8. The number of aryl methyl sites for hydroxylation is 1. The van der Waals surface area contributed by atoms with Gasteiger partial charge in [-0.15, -0.1) is 0 Å².